The Labute approximate surface area is 176 Å². The molecule has 0 aromatic carbocycles. The third kappa shape index (κ3) is 6.13. The lowest BCUT2D eigenvalue weighted by molar-refractivity contribution is 0.469. The van der Waals surface area contributed by atoms with E-state index in [2.05, 4.69) is 28.4 Å². The van der Waals surface area contributed by atoms with Crippen molar-refractivity contribution in [1.82, 2.24) is 20.0 Å². The second kappa shape index (κ2) is 11.1. The average Bonchev–Trinajstić information content (AvgIpc) is 3.35. The molecule has 1 unspecified atom stereocenters. The molecular formula is C20H36IN5. The van der Waals surface area contributed by atoms with Crippen molar-refractivity contribution in [1.29, 1.82) is 0 Å². The van der Waals surface area contributed by atoms with Gasteiger partial charge in [-0.15, -0.1) is 24.0 Å². The number of halogens is 1. The van der Waals surface area contributed by atoms with Gasteiger partial charge in [-0.1, -0.05) is 38.5 Å². The lowest BCUT2D eigenvalue weighted by atomic mass is 10.0. The molecule has 1 saturated carbocycles. The summed E-state index contributed by atoms with van der Waals surface area (Å²) < 4.78 is 1.90. The fraction of sp³-hybridized carbons (Fsp3) is 0.800. The number of aromatic nitrogens is 2. The molecule has 0 amide bonds. The summed E-state index contributed by atoms with van der Waals surface area (Å²) in [6.45, 7) is 6.20. The Bertz CT molecular complexity index is 550. The Morgan fingerprint density at radius 1 is 1.27 bits per heavy atom. The zero-order valence-electron chi connectivity index (χ0n) is 16.5. The largest absolute Gasteiger partial charge is 0.357 e. The Kier molecular flexibility index (Phi) is 9.22. The third-order valence-corrected chi connectivity index (χ3v) is 5.78. The van der Waals surface area contributed by atoms with Crippen molar-refractivity contribution >= 4 is 29.9 Å². The molecule has 3 rings (SSSR count). The molecule has 2 aliphatic rings. The molecule has 1 atom stereocenters. The van der Waals surface area contributed by atoms with Gasteiger partial charge in [-0.3, -0.25) is 9.67 Å². The smallest absolute Gasteiger partial charge is 0.193 e. The van der Waals surface area contributed by atoms with E-state index in [0.29, 0.717) is 5.92 Å². The Hall–Kier alpha value is -0.790. The summed E-state index contributed by atoms with van der Waals surface area (Å²) in [4.78, 5) is 7.33. The van der Waals surface area contributed by atoms with Crippen molar-refractivity contribution in [2.24, 2.45) is 18.0 Å². The number of likely N-dealkylation sites (tertiary alicyclic amines) is 1. The van der Waals surface area contributed by atoms with Crippen molar-refractivity contribution in [2.45, 2.75) is 64.2 Å². The fourth-order valence-corrected chi connectivity index (χ4v) is 4.33. The van der Waals surface area contributed by atoms with E-state index in [9.17, 15) is 0 Å². The van der Waals surface area contributed by atoms with Gasteiger partial charge in [0, 0.05) is 45.3 Å². The van der Waals surface area contributed by atoms with Crippen molar-refractivity contribution in [3.63, 3.8) is 0 Å². The van der Waals surface area contributed by atoms with Gasteiger partial charge < -0.3 is 10.2 Å². The summed E-state index contributed by atoms with van der Waals surface area (Å²) in [6, 6.07) is 0. The lowest BCUT2D eigenvalue weighted by Gasteiger charge is -2.21. The predicted molar refractivity (Wildman–Crippen MR) is 119 cm³/mol. The van der Waals surface area contributed by atoms with Gasteiger partial charge in [-0.05, 0) is 31.2 Å². The molecule has 2 heterocycles. The molecule has 1 aliphatic carbocycles. The molecule has 0 bridgehead atoms. The minimum Gasteiger partial charge on any atom is -0.357 e. The number of unbranched alkanes of at least 4 members (excludes halogenated alkanes) is 1. The van der Waals surface area contributed by atoms with Gasteiger partial charge in [-0.2, -0.15) is 5.10 Å². The first-order valence-electron chi connectivity index (χ1n) is 10.3. The maximum Gasteiger partial charge on any atom is 0.193 e. The van der Waals surface area contributed by atoms with Crippen LogP contribution in [0.25, 0.3) is 0 Å². The molecule has 0 spiro atoms. The minimum atomic E-state index is 0. The van der Waals surface area contributed by atoms with Gasteiger partial charge in [-0.25, -0.2) is 0 Å². The Morgan fingerprint density at radius 2 is 2.08 bits per heavy atom. The van der Waals surface area contributed by atoms with Crippen LogP contribution in [0.4, 0.5) is 0 Å². The molecule has 148 valence electrons. The maximum absolute atomic E-state index is 4.90. The van der Waals surface area contributed by atoms with Crippen molar-refractivity contribution < 1.29 is 0 Å². The van der Waals surface area contributed by atoms with E-state index in [1.54, 1.807) is 0 Å². The summed E-state index contributed by atoms with van der Waals surface area (Å²) in [6.07, 6.45) is 15.2. The van der Waals surface area contributed by atoms with Gasteiger partial charge in [0.25, 0.3) is 0 Å². The second-order valence-electron chi connectivity index (χ2n) is 7.76. The second-order valence-corrected chi connectivity index (χ2v) is 7.76. The molecule has 2 fully saturated rings. The van der Waals surface area contributed by atoms with Crippen molar-refractivity contribution in [2.75, 3.05) is 26.2 Å². The molecule has 1 aromatic rings. The van der Waals surface area contributed by atoms with Gasteiger partial charge in [0.1, 0.15) is 0 Å². The number of nitrogens with zero attached hydrogens (tertiary/aromatic N) is 4. The van der Waals surface area contributed by atoms with E-state index in [1.165, 1.54) is 56.9 Å². The highest BCUT2D eigenvalue weighted by molar-refractivity contribution is 14.0. The monoisotopic (exact) mass is 473 g/mol. The van der Waals surface area contributed by atoms with Crippen LogP contribution in [0.3, 0.4) is 0 Å². The molecule has 1 aromatic heterocycles. The van der Waals surface area contributed by atoms with Gasteiger partial charge >= 0.3 is 0 Å². The number of hydrogen-bond donors (Lipinski definition) is 1. The molecule has 1 saturated heterocycles. The van der Waals surface area contributed by atoms with E-state index in [-0.39, 0.29) is 24.0 Å². The van der Waals surface area contributed by atoms with Crippen LogP contribution >= 0.6 is 24.0 Å². The molecule has 5 nitrogen and oxygen atoms in total. The van der Waals surface area contributed by atoms with Crippen molar-refractivity contribution in [3.05, 3.63) is 18.0 Å². The first-order valence-corrected chi connectivity index (χ1v) is 10.3. The number of guanidine groups is 1. The van der Waals surface area contributed by atoms with E-state index in [1.807, 2.05) is 17.9 Å². The molecule has 6 heteroatoms. The maximum atomic E-state index is 4.90. The normalized spacial score (nSPS) is 21.2. The standard InChI is InChI=1S/C20H35N5.HI/c1-3-21-20(22-12-7-6-10-17-8-4-5-9-17)25-13-11-18(16-25)19-14-23-24(2)15-19;/h14-15,17-18H,3-13,16H2,1-2H3,(H,21,22);1H. The summed E-state index contributed by atoms with van der Waals surface area (Å²) in [5.41, 5.74) is 1.36. The summed E-state index contributed by atoms with van der Waals surface area (Å²) in [5, 5.41) is 7.81. The molecule has 1 aliphatic heterocycles. The van der Waals surface area contributed by atoms with Crippen LogP contribution in [-0.4, -0.2) is 46.8 Å². The van der Waals surface area contributed by atoms with Crippen LogP contribution in [0.5, 0.6) is 0 Å². The number of nitrogens with one attached hydrogen (secondary N) is 1. The Morgan fingerprint density at radius 3 is 2.77 bits per heavy atom. The third-order valence-electron chi connectivity index (χ3n) is 5.78. The van der Waals surface area contributed by atoms with E-state index in [0.717, 1.165) is 38.1 Å². The summed E-state index contributed by atoms with van der Waals surface area (Å²) in [5.74, 6) is 2.70. The first-order chi connectivity index (χ1) is 12.3. The summed E-state index contributed by atoms with van der Waals surface area (Å²) in [7, 11) is 1.99. The highest BCUT2D eigenvalue weighted by Crippen LogP contribution is 2.29. The molecule has 1 N–H and O–H groups in total. The Balaban J connectivity index is 0.00000243. The minimum absolute atomic E-state index is 0. The van der Waals surface area contributed by atoms with Crippen LogP contribution in [0.2, 0.25) is 0 Å². The van der Waals surface area contributed by atoms with Crippen LogP contribution < -0.4 is 5.32 Å². The number of aryl methyl sites for hydroxylation is 1. The fourth-order valence-electron chi connectivity index (χ4n) is 4.33. The predicted octanol–water partition coefficient (Wildman–Crippen LogP) is 4.15. The van der Waals surface area contributed by atoms with Gasteiger partial charge in [0.05, 0.1) is 6.20 Å². The SMILES string of the molecule is CCNC(=NCCCCC1CCCC1)N1CCC(c2cnn(C)c2)C1.I. The lowest BCUT2D eigenvalue weighted by Crippen LogP contribution is -2.40. The van der Waals surface area contributed by atoms with Gasteiger partial charge in [0.2, 0.25) is 0 Å². The zero-order chi connectivity index (χ0) is 17.5. The van der Waals surface area contributed by atoms with Crippen LogP contribution in [0, 0.1) is 5.92 Å². The average molecular weight is 473 g/mol. The highest BCUT2D eigenvalue weighted by atomic mass is 127. The zero-order valence-corrected chi connectivity index (χ0v) is 18.8. The molecular weight excluding hydrogens is 437 g/mol. The first kappa shape index (κ1) is 21.5. The number of rotatable bonds is 7. The van der Waals surface area contributed by atoms with Crippen LogP contribution in [0.1, 0.15) is 69.8 Å². The van der Waals surface area contributed by atoms with Crippen LogP contribution in [-0.2, 0) is 7.05 Å². The van der Waals surface area contributed by atoms with E-state index >= 15 is 0 Å². The van der Waals surface area contributed by atoms with Crippen LogP contribution in [0.15, 0.2) is 17.4 Å². The van der Waals surface area contributed by atoms with Crippen molar-refractivity contribution in [3.8, 4) is 0 Å². The molecule has 26 heavy (non-hydrogen) atoms. The molecule has 0 radical (unpaired) electrons. The van der Waals surface area contributed by atoms with E-state index < -0.39 is 0 Å². The number of aliphatic imine (C=N–C) groups is 1. The number of hydrogen-bond acceptors (Lipinski definition) is 2. The van der Waals surface area contributed by atoms with Gasteiger partial charge in [0.15, 0.2) is 5.96 Å². The highest BCUT2D eigenvalue weighted by Gasteiger charge is 2.26. The van der Waals surface area contributed by atoms with E-state index in [4.69, 9.17) is 4.99 Å². The summed E-state index contributed by atoms with van der Waals surface area (Å²) >= 11 is 0. The topological polar surface area (TPSA) is 45.5 Å². The quantitative estimate of drug-likeness (QED) is 0.280.